The number of nitrogens with one attached hydrogen (secondary N) is 1. The van der Waals surface area contributed by atoms with E-state index in [9.17, 15) is 15.0 Å². The van der Waals surface area contributed by atoms with Crippen molar-refractivity contribution in [1.82, 2.24) is 10.2 Å². The van der Waals surface area contributed by atoms with Crippen LogP contribution in [0.15, 0.2) is 0 Å². The number of aliphatic hydroxyl groups is 3. The predicted octanol–water partition coefficient (Wildman–Crippen LogP) is -0.919. The van der Waals surface area contributed by atoms with Crippen molar-refractivity contribution < 1.29 is 20.1 Å². The van der Waals surface area contributed by atoms with E-state index in [1.165, 1.54) is 6.92 Å². The van der Waals surface area contributed by atoms with Gasteiger partial charge in [-0.05, 0) is 19.4 Å². The number of likely N-dealkylation sites (tertiary alicyclic amines) is 1. The minimum absolute atomic E-state index is 0.193. The molecule has 3 atom stereocenters. The van der Waals surface area contributed by atoms with Crippen molar-refractivity contribution in [2.75, 3.05) is 26.2 Å². The molecule has 0 aromatic rings. The Hall–Kier alpha value is -0.690. The fourth-order valence-electron chi connectivity index (χ4n) is 2.48. The topological polar surface area (TPSA) is 93.0 Å². The van der Waals surface area contributed by atoms with Crippen LogP contribution in [0.5, 0.6) is 0 Å². The number of carbonyl (C=O) groups excluding carboxylic acids is 1. The number of aliphatic hydroxyl groups excluding tert-OH is 3. The zero-order valence-electron chi connectivity index (χ0n) is 11.6. The number of amides is 1. The molecule has 1 amide bonds. The molecule has 0 aliphatic carbocycles. The summed E-state index contributed by atoms with van der Waals surface area (Å²) in [5, 5.41) is 31.0. The maximum Gasteiger partial charge on any atom is 0.217 e. The SMILES string of the molecule is CC(=O)N[C@H]1CN(CCCCCCO)C[C@H](O)[C@@H]1O. The minimum atomic E-state index is -0.894. The average molecular weight is 274 g/mol. The quantitative estimate of drug-likeness (QED) is 0.451. The van der Waals surface area contributed by atoms with E-state index < -0.39 is 18.2 Å². The third-order valence-electron chi connectivity index (χ3n) is 3.48. The molecular weight excluding hydrogens is 248 g/mol. The lowest BCUT2D eigenvalue weighted by Crippen LogP contribution is -2.61. The van der Waals surface area contributed by atoms with Crippen LogP contribution in [-0.2, 0) is 4.79 Å². The first kappa shape index (κ1) is 16.4. The summed E-state index contributed by atoms with van der Waals surface area (Å²) in [5.41, 5.74) is 0. The first-order chi connectivity index (χ1) is 9.04. The molecule has 6 nitrogen and oxygen atoms in total. The maximum atomic E-state index is 11.1. The highest BCUT2D eigenvalue weighted by Crippen LogP contribution is 2.13. The van der Waals surface area contributed by atoms with Crippen molar-refractivity contribution in [3.05, 3.63) is 0 Å². The Morgan fingerprint density at radius 1 is 1.21 bits per heavy atom. The van der Waals surface area contributed by atoms with E-state index in [-0.39, 0.29) is 12.5 Å². The van der Waals surface area contributed by atoms with Gasteiger partial charge >= 0.3 is 0 Å². The van der Waals surface area contributed by atoms with Crippen molar-refractivity contribution in [3.8, 4) is 0 Å². The van der Waals surface area contributed by atoms with Gasteiger partial charge in [-0.3, -0.25) is 9.69 Å². The summed E-state index contributed by atoms with van der Waals surface area (Å²) in [5.74, 6) is -0.193. The van der Waals surface area contributed by atoms with Crippen LogP contribution in [0, 0.1) is 0 Å². The van der Waals surface area contributed by atoms with Gasteiger partial charge in [0, 0.05) is 26.6 Å². The summed E-state index contributed by atoms with van der Waals surface area (Å²) in [6, 6.07) is -0.404. The summed E-state index contributed by atoms with van der Waals surface area (Å²) in [6.07, 6.45) is 2.16. The second-order valence-electron chi connectivity index (χ2n) is 5.26. The fraction of sp³-hybridized carbons (Fsp3) is 0.923. The van der Waals surface area contributed by atoms with Gasteiger partial charge in [-0.15, -0.1) is 0 Å². The van der Waals surface area contributed by atoms with E-state index in [1.807, 2.05) is 0 Å². The Balaban J connectivity index is 2.32. The lowest BCUT2D eigenvalue weighted by Gasteiger charge is -2.39. The number of nitrogens with zero attached hydrogens (tertiary/aromatic N) is 1. The lowest BCUT2D eigenvalue weighted by atomic mass is 9.99. The second-order valence-corrected chi connectivity index (χ2v) is 5.26. The van der Waals surface area contributed by atoms with Crippen LogP contribution in [0.3, 0.4) is 0 Å². The van der Waals surface area contributed by atoms with Gasteiger partial charge in [0.25, 0.3) is 0 Å². The fourth-order valence-corrected chi connectivity index (χ4v) is 2.48. The largest absolute Gasteiger partial charge is 0.396 e. The van der Waals surface area contributed by atoms with E-state index in [4.69, 9.17) is 5.11 Å². The molecule has 4 N–H and O–H groups in total. The van der Waals surface area contributed by atoms with Crippen molar-refractivity contribution in [3.63, 3.8) is 0 Å². The molecule has 6 heteroatoms. The monoisotopic (exact) mass is 274 g/mol. The zero-order chi connectivity index (χ0) is 14.3. The first-order valence-corrected chi connectivity index (χ1v) is 7.01. The molecule has 1 fully saturated rings. The van der Waals surface area contributed by atoms with Crippen molar-refractivity contribution in [2.45, 2.75) is 50.9 Å². The molecule has 1 aliphatic heterocycles. The number of β-amino-alcohol motifs (C(OH)–C–C–N with tert-alkyl or cyclic N) is 1. The van der Waals surface area contributed by atoms with Gasteiger partial charge in [0.15, 0.2) is 0 Å². The number of hydrogen-bond donors (Lipinski definition) is 4. The molecule has 1 rings (SSSR count). The Labute approximate surface area is 114 Å². The molecule has 0 spiro atoms. The molecule has 112 valence electrons. The van der Waals surface area contributed by atoms with Crippen LogP contribution in [0.2, 0.25) is 0 Å². The summed E-state index contributed by atoms with van der Waals surface area (Å²) in [7, 11) is 0. The zero-order valence-corrected chi connectivity index (χ0v) is 11.6. The van der Waals surface area contributed by atoms with Gasteiger partial charge in [0.1, 0.15) is 6.10 Å². The van der Waals surface area contributed by atoms with Crippen LogP contribution in [0.4, 0.5) is 0 Å². The van der Waals surface area contributed by atoms with Crippen LogP contribution in [-0.4, -0.2) is 70.6 Å². The molecule has 0 unspecified atom stereocenters. The highest BCUT2D eigenvalue weighted by atomic mass is 16.3. The normalized spacial score (nSPS) is 28.3. The molecule has 0 aromatic heterocycles. The number of hydrogen-bond acceptors (Lipinski definition) is 5. The number of rotatable bonds is 7. The Kier molecular flexibility index (Phi) is 7.30. The number of carbonyl (C=O) groups is 1. The van der Waals surface area contributed by atoms with Gasteiger partial charge < -0.3 is 20.6 Å². The molecule has 19 heavy (non-hydrogen) atoms. The molecule has 1 heterocycles. The molecule has 1 aliphatic rings. The molecule has 1 saturated heterocycles. The number of piperidine rings is 1. The second kappa shape index (κ2) is 8.47. The van der Waals surface area contributed by atoms with E-state index in [2.05, 4.69) is 10.2 Å². The van der Waals surface area contributed by atoms with E-state index in [0.29, 0.717) is 13.1 Å². The van der Waals surface area contributed by atoms with Gasteiger partial charge in [-0.25, -0.2) is 0 Å². The number of unbranched alkanes of at least 4 members (excludes halogenated alkanes) is 3. The van der Waals surface area contributed by atoms with E-state index in [0.717, 1.165) is 32.2 Å². The van der Waals surface area contributed by atoms with Crippen LogP contribution >= 0.6 is 0 Å². The third kappa shape index (κ3) is 5.86. The maximum absolute atomic E-state index is 11.1. The van der Waals surface area contributed by atoms with Crippen LogP contribution in [0.25, 0.3) is 0 Å². The average Bonchev–Trinajstić information content (AvgIpc) is 2.34. The summed E-state index contributed by atoms with van der Waals surface area (Å²) >= 11 is 0. The first-order valence-electron chi connectivity index (χ1n) is 7.01. The summed E-state index contributed by atoms with van der Waals surface area (Å²) in [4.78, 5) is 13.1. The Bertz CT molecular complexity index is 275. The lowest BCUT2D eigenvalue weighted by molar-refractivity contribution is -0.123. The van der Waals surface area contributed by atoms with Crippen molar-refractivity contribution >= 4 is 5.91 Å². The van der Waals surface area contributed by atoms with Crippen molar-refractivity contribution in [1.29, 1.82) is 0 Å². The summed E-state index contributed by atoms with van der Waals surface area (Å²) < 4.78 is 0. The Morgan fingerprint density at radius 2 is 1.89 bits per heavy atom. The van der Waals surface area contributed by atoms with Gasteiger partial charge in [0.2, 0.25) is 5.91 Å². The third-order valence-corrected chi connectivity index (χ3v) is 3.48. The standard InChI is InChI=1S/C13H26N2O4/c1-10(17)14-11-8-15(9-12(18)13(11)19)6-4-2-3-5-7-16/h11-13,16,18-19H,2-9H2,1H3,(H,14,17)/t11-,12-,13+/m0/s1. The highest BCUT2D eigenvalue weighted by molar-refractivity contribution is 5.73. The van der Waals surface area contributed by atoms with Gasteiger partial charge in [-0.1, -0.05) is 12.8 Å². The molecule has 0 radical (unpaired) electrons. The van der Waals surface area contributed by atoms with Crippen molar-refractivity contribution in [2.24, 2.45) is 0 Å². The van der Waals surface area contributed by atoms with Gasteiger partial charge in [0.05, 0.1) is 12.1 Å². The van der Waals surface area contributed by atoms with E-state index in [1.54, 1.807) is 0 Å². The minimum Gasteiger partial charge on any atom is -0.396 e. The van der Waals surface area contributed by atoms with Crippen LogP contribution < -0.4 is 5.32 Å². The smallest absolute Gasteiger partial charge is 0.217 e. The predicted molar refractivity (Wildman–Crippen MR) is 71.6 cm³/mol. The molecule has 0 bridgehead atoms. The Morgan fingerprint density at radius 3 is 2.53 bits per heavy atom. The van der Waals surface area contributed by atoms with Gasteiger partial charge in [-0.2, -0.15) is 0 Å². The van der Waals surface area contributed by atoms with Crippen LogP contribution in [0.1, 0.15) is 32.6 Å². The molecular formula is C13H26N2O4. The highest BCUT2D eigenvalue weighted by Gasteiger charge is 2.34. The molecule has 0 saturated carbocycles. The van der Waals surface area contributed by atoms with E-state index >= 15 is 0 Å². The summed E-state index contributed by atoms with van der Waals surface area (Å²) in [6.45, 7) is 3.49. The molecule has 0 aromatic carbocycles.